The topological polar surface area (TPSA) is 59.6 Å². The van der Waals surface area contributed by atoms with Gasteiger partial charge in [-0.25, -0.2) is 4.79 Å². The number of hydrogen-bond donors (Lipinski definition) is 2. The maximum absolute atomic E-state index is 11.8. The fourth-order valence-corrected chi connectivity index (χ4v) is 2.15. The Morgan fingerprint density at radius 2 is 1.79 bits per heavy atom. The molecule has 2 aromatic rings. The van der Waals surface area contributed by atoms with Gasteiger partial charge in [0.2, 0.25) is 0 Å². The van der Waals surface area contributed by atoms with Crippen LogP contribution in [0.5, 0.6) is 11.5 Å². The van der Waals surface area contributed by atoms with E-state index in [0.717, 1.165) is 11.4 Å². The second-order valence-corrected chi connectivity index (χ2v) is 5.69. The summed E-state index contributed by atoms with van der Waals surface area (Å²) in [6.45, 7) is 5.06. The van der Waals surface area contributed by atoms with Crippen LogP contribution in [0.1, 0.15) is 25.3 Å². The lowest BCUT2D eigenvalue weighted by Crippen LogP contribution is -2.32. The van der Waals surface area contributed by atoms with E-state index in [4.69, 9.17) is 9.47 Å². The Morgan fingerprint density at radius 3 is 2.46 bits per heavy atom. The van der Waals surface area contributed by atoms with Gasteiger partial charge in [-0.05, 0) is 35.7 Å². The molecule has 0 atom stereocenters. The number of hydrogen-bond acceptors (Lipinski definition) is 3. The summed E-state index contributed by atoms with van der Waals surface area (Å²) < 4.78 is 10.7. The predicted molar refractivity (Wildman–Crippen MR) is 96.0 cm³/mol. The summed E-state index contributed by atoms with van der Waals surface area (Å²) in [5.74, 6) is 1.92. The van der Waals surface area contributed by atoms with Crippen molar-refractivity contribution in [2.45, 2.75) is 19.8 Å². The third kappa shape index (κ3) is 5.50. The van der Waals surface area contributed by atoms with Gasteiger partial charge in [-0.3, -0.25) is 0 Å². The van der Waals surface area contributed by atoms with Crippen LogP contribution in [0.2, 0.25) is 0 Å². The molecule has 0 saturated heterocycles. The smallest absolute Gasteiger partial charge is 0.319 e. The van der Waals surface area contributed by atoms with Crippen LogP contribution >= 0.6 is 0 Å². The van der Waals surface area contributed by atoms with E-state index in [-0.39, 0.29) is 6.03 Å². The number of ether oxygens (including phenoxy) is 2. The third-order valence-electron chi connectivity index (χ3n) is 3.53. The summed E-state index contributed by atoms with van der Waals surface area (Å²) in [6.07, 6.45) is 0. The Hall–Kier alpha value is -2.69. The van der Waals surface area contributed by atoms with Crippen molar-refractivity contribution in [3.05, 3.63) is 54.1 Å². The number of anilines is 1. The van der Waals surface area contributed by atoms with Gasteiger partial charge in [0.1, 0.15) is 18.1 Å². The minimum Gasteiger partial charge on any atom is -0.497 e. The number of urea groups is 1. The quantitative estimate of drug-likeness (QED) is 0.755. The third-order valence-corrected chi connectivity index (χ3v) is 3.53. The van der Waals surface area contributed by atoms with E-state index in [1.807, 2.05) is 42.5 Å². The zero-order valence-electron chi connectivity index (χ0n) is 14.3. The first-order valence-electron chi connectivity index (χ1n) is 8.00. The number of nitrogens with one attached hydrogen (secondary N) is 2. The zero-order valence-corrected chi connectivity index (χ0v) is 14.3. The lowest BCUT2D eigenvalue weighted by Gasteiger charge is -2.11. The van der Waals surface area contributed by atoms with Crippen LogP contribution in [0.3, 0.4) is 0 Å². The van der Waals surface area contributed by atoms with Crippen molar-refractivity contribution < 1.29 is 14.3 Å². The van der Waals surface area contributed by atoms with Gasteiger partial charge in [-0.15, -0.1) is 0 Å². The van der Waals surface area contributed by atoms with Crippen molar-refractivity contribution in [2.24, 2.45) is 0 Å². The molecular weight excluding hydrogens is 304 g/mol. The number of carbonyl (C=O) groups excluding carboxylic acids is 1. The monoisotopic (exact) mass is 328 g/mol. The molecule has 2 aromatic carbocycles. The van der Waals surface area contributed by atoms with Crippen LogP contribution in [0, 0.1) is 0 Å². The Morgan fingerprint density at radius 1 is 1.08 bits per heavy atom. The highest BCUT2D eigenvalue weighted by Crippen LogP contribution is 2.18. The molecule has 0 radical (unpaired) electrons. The van der Waals surface area contributed by atoms with Crippen LogP contribution in [0.15, 0.2) is 48.5 Å². The summed E-state index contributed by atoms with van der Waals surface area (Å²) >= 11 is 0. The van der Waals surface area contributed by atoms with Gasteiger partial charge in [0.05, 0.1) is 13.7 Å². The lowest BCUT2D eigenvalue weighted by molar-refractivity contribution is 0.247. The van der Waals surface area contributed by atoms with Gasteiger partial charge in [-0.2, -0.15) is 0 Å². The molecule has 5 nitrogen and oxygen atoms in total. The van der Waals surface area contributed by atoms with Crippen molar-refractivity contribution in [2.75, 3.05) is 25.6 Å². The molecule has 2 amide bonds. The minimum atomic E-state index is -0.249. The van der Waals surface area contributed by atoms with Crippen LogP contribution in [-0.2, 0) is 0 Å². The number of benzene rings is 2. The van der Waals surface area contributed by atoms with E-state index in [0.29, 0.717) is 24.8 Å². The average molecular weight is 328 g/mol. The van der Waals surface area contributed by atoms with Crippen LogP contribution in [0.4, 0.5) is 10.5 Å². The number of methoxy groups -OCH3 is 1. The summed E-state index contributed by atoms with van der Waals surface area (Å²) in [7, 11) is 1.61. The van der Waals surface area contributed by atoms with Gasteiger partial charge < -0.3 is 20.1 Å². The SMILES string of the molecule is COc1cccc(OCCNC(=O)Nc2ccc(C(C)C)cc2)c1. The summed E-state index contributed by atoms with van der Waals surface area (Å²) in [5.41, 5.74) is 2.01. The van der Waals surface area contributed by atoms with E-state index in [9.17, 15) is 4.79 Å². The molecular formula is C19H24N2O3. The molecule has 0 heterocycles. The van der Waals surface area contributed by atoms with E-state index in [1.165, 1.54) is 5.56 Å². The highest BCUT2D eigenvalue weighted by molar-refractivity contribution is 5.89. The largest absolute Gasteiger partial charge is 0.497 e. The van der Waals surface area contributed by atoms with Crippen LogP contribution < -0.4 is 20.1 Å². The van der Waals surface area contributed by atoms with Gasteiger partial charge in [0.25, 0.3) is 0 Å². The van der Waals surface area contributed by atoms with E-state index >= 15 is 0 Å². The molecule has 0 fully saturated rings. The first-order valence-corrected chi connectivity index (χ1v) is 8.00. The number of amides is 2. The Bertz CT molecular complexity index is 654. The van der Waals surface area contributed by atoms with Crippen molar-refractivity contribution in [1.29, 1.82) is 0 Å². The maximum atomic E-state index is 11.8. The van der Waals surface area contributed by atoms with Crippen LogP contribution in [0.25, 0.3) is 0 Å². The fourth-order valence-electron chi connectivity index (χ4n) is 2.15. The van der Waals surface area contributed by atoms with Gasteiger partial charge in [0, 0.05) is 11.8 Å². The first-order chi connectivity index (χ1) is 11.6. The molecule has 0 aliphatic rings. The summed E-state index contributed by atoms with van der Waals surface area (Å²) in [4.78, 5) is 11.8. The number of rotatable bonds is 7. The molecule has 2 N–H and O–H groups in total. The molecule has 0 spiro atoms. The molecule has 0 aliphatic carbocycles. The summed E-state index contributed by atoms with van der Waals surface area (Å²) in [5, 5.41) is 5.56. The zero-order chi connectivity index (χ0) is 17.4. The first kappa shape index (κ1) is 17.7. The molecule has 0 aliphatic heterocycles. The molecule has 5 heteroatoms. The normalized spacial score (nSPS) is 10.3. The van der Waals surface area contributed by atoms with E-state index in [1.54, 1.807) is 13.2 Å². The van der Waals surface area contributed by atoms with Crippen molar-refractivity contribution in [3.63, 3.8) is 0 Å². The Balaban J connectivity index is 1.71. The second-order valence-electron chi connectivity index (χ2n) is 5.69. The second kappa shape index (κ2) is 8.82. The highest BCUT2D eigenvalue weighted by Gasteiger charge is 2.03. The lowest BCUT2D eigenvalue weighted by atomic mass is 10.0. The van der Waals surface area contributed by atoms with Crippen molar-refractivity contribution in [3.8, 4) is 11.5 Å². The van der Waals surface area contributed by atoms with E-state index < -0.39 is 0 Å². The Labute approximate surface area is 143 Å². The maximum Gasteiger partial charge on any atom is 0.319 e. The molecule has 0 bridgehead atoms. The van der Waals surface area contributed by atoms with Crippen molar-refractivity contribution >= 4 is 11.7 Å². The van der Waals surface area contributed by atoms with E-state index in [2.05, 4.69) is 24.5 Å². The Kier molecular flexibility index (Phi) is 6.49. The minimum absolute atomic E-state index is 0.249. The predicted octanol–water partition coefficient (Wildman–Crippen LogP) is 4.02. The molecule has 24 heavy (non-hydrogen) atoms. The molecule has 0 aromatic heterocycles. The molecule has 128 valence electrons. The molecule has 0 saturated carbocycles. The van der Waals surface area contributed by atoms with Crippen LogP contribution in [-0.4, -0.2) is 26.3 Å². The van der Waals surface area contributed by atoms with Gasteiger partial charge >= 0.3 is 6.03 Å². The average Bonchev–Trinajstić information content (AvgIpc) is 2.59. The summed E-state index contributed by atoms with van der Waals surface area (Å²) in [6, 6.07) is 15.0. The fraction of sp³-hybridized carbons (Fsp3) is 0.316. The molecule has 0 unspecified atom stereocenters. The van der Waals surface area contributed by atoms with Gasteiger partial charge in [-0.1, -0.05) is 32.0 Å². The molecule has 2 rings (SSSR count). The van der Waals surface area contributed by atoms with Crippen molar-refractivity contribution in [1.82, 2.24) is 5.32 Å². The standard InChI is InChI=1S/C19H24N2O3/c1-14(2)15-7-9-16(10-8-15)21-19(22)20-11-12-24-18-6-4-5-17(13-18)23-3/h4-10,13-14H,11-12H2,1-3H3,(H2,20,21,22). The van der Waals surface area contributed by atoms with Gasteiger partial charge in [0.15, 0.2) is 0 Å². The highest BCUT2D eigenvalue weighted by atomic mass is 16.5. The number of carbonyl (C=O) groups is 1.